The molecule has 1 aromatic carbocycles. The summed E-state index contributed by atoms with van der Waals surface area (Å²) in [7, 11) is 0. The van der Waals surface area contributed by atoms with Gasteiger partial charge in [0.05, 0.1) is 6.10 Å². The maximum absolute atomic E-state index is 6.02. The zero-order valence-electron chi connectivity index (χ0n) is 20.9. The molecule has 1 aromatic heterocycles. The molecule has 0 spiro atoms. The first kappa shape index (κ1) is 25.8. The molecule has 3 rings (SSSR count). The van der Waals surface area contributed by atoms with E-state index in [-0.39, 0.29) is 12.4 Å². The number of rotatable bonds is 15. The minimum atomic E-state index is -0.0223. The first-order valence-electron chi connectivity index (χ1n) is 13.4. The minimum Gasteiger partial charge on any atom is -0.353 e. The predicted octanol–water partition coefficient (Wildman–Crippen LogP) is 7.69. The molecule has 4 heteroatoms. The molecule has 2 heterocycles. The van der Waals surface area contributed by atoms with Gasteiger partial charge >= 0.3 is 0 Å². The van der Waals surface area contributed by atoms with Crippen LogP contribution in [0.1, 0.15) is 102 Å². The van der Waals surface area contributed by atoms with Crippen LogP contribution in [-0.2, 0) is 22.3 Å². The van der Waals surface area contributed by atoms with Crippen molar-refractivity contribution in [3.8, 4) is 11.4 Å². The molecule has 2 atom stereocenters. The third-order valence-electron chi connectivity index (χ3n) is 6.60. The number of hydrogen-bond donors (Lipinski definition) is 0. The standard InChI is InChI=1S/C29H44N2O2/c1-3-4-5-6-7-8-9-10-13-25-17-19-27(20-18-25)29-30-22-26(23-31-29)16-15-24(2)33-28-14-11-12-21-32-28/h17-20,22-24,28H,3-16,21H2,1-2H3. The SMILES string of the molecule is CCCCCCCCCCc1ccc(-c2ncc(CCC(C)OC3CCCCO3)cn2)cc1. The Balaban J connectivity index is 1.35. The molecule has 182 valence electrons. The minimum absolute atomic E-state index is 0.0223. The number of ether oxygens (including phenoxy) is 2. The van der Waals surface area contributed by atoms with Gasteiger partial charge in [-0.15, -0.1) is 0 Å². The summed E-state index contributed by atoms with van der Waals surface area (Å²) >= 11 is 0. The fourth-order valence-electron chi connectivity index (χ4n) is 4.43. The Morgan fingerprint density at radius 1 is 0.879 bits per heavy atom. The highest BCUT2D eigenvalue weighted by molar-refractivity contribution is 5.55. The molecule has 1 saturated heterocycles. The lowest BCUT2D eigenvalue weighted by Gasteiger charge is -2.26. The van der Waals surface area contributed by atoms with Crippen molar-refractivity contribution in [2.75, 3.05) is 6.61 Å². The van der Waals surface area contributed by atoms with Crippen molar-refractivity contribution in [1.29, 1.82) is 0 Å². The van der Waals surface area contributed by atoms with Crippen LogP contribution in [0, 0.1) is 0 Å². The summed E-state index contributed by atoms with van der Waals surface area (Å²) < 4.78 is 11.7. The molecule has 0 radical (unpaired) electrons. The summed E-state index contributed by atoms with van der Waals surface area (Å²) in [5, 5.41) is 0. The molecule has 1 aliphatic rings. The van der Waals surface area contributed by atoms with Gasteiger partial charge in [0.1, 0.15) is 0 Å². The maximum Gasteiger partial charge on any atom is 0.159 e. The van der Waals surface area contributed by atoms with Crippen molar-refractivity contribution < 1.29 is 9.47 Å². The van der Waals surface area contributed by atoms with E-state index >= 15 is 0 Å². The third kappa shape index (κ3) is 9.93. The van der Waals surface area contributed by atoms with Gasteiger partial charge in [-0.05, 0) is 63.0 Å². The van der Waals surface area contributed by atoms with Gasteiger partial charge in [-0.1, -0.05) is 76.1 Å². The Bertz CT molecular complexity index is 754. The molecule has 33 heavy (non-hydrogen) atoms. The van der Waals surface area contributed by atoms with Crippen LogP contribution in [0.4, 0.5) is 0 Å². The zero-order valence-corrected chi connectivity index (χ0v) is 20.9. The van der Waals surface area contributed by atoms with Crippen LogP contribution in [-0.4, -0.2) is 29.0 Å². The molecule has 0 saturated carbocycles. The molecular formula is C29H44N2O2. The van der Waals surface area contributed by atoms with Gasteiger partial charge in [0.25, 0.3) is 0 Å². The normalized spacial score (nSPS) is 17.2. The number of aryl methyl sites for hydroxylation is 2. The number of benzene rings is 1. The third-order valence-corrected chi connectivity index (χ3v) is 6.60. The van der Waals surface area contributed by atoms with E-state index in [0.29, 0.717) is 0 Å². The first-order valence-corrected chi connectivity index (χ1v) is 13.4. The average Bonchev–Trinajstić information content (AvgIpc) is 2.86. The maximum atomic E-state index is 6.02. The lowest BCUT2D eigenvalue weighted by Crippen LogP contribution is -2.26. The Morgan fingerprint density at radius 2 is 1.58 bits per heavy atom. The van der Waals surface area contributed by atoms with Crippen molar-refractivity contribution in [3.63, 3.8) is 0 Å². The molecule has 2 unspecified atom stereocenters. The van der Waals surface area contributed by atoms with E-state index in [0.717, 1.165) is 49.2 Å². The molecule has 0 amide bonds. The molecule has 2 aromatic rings. The Morgan fingerprint density at radius 3 is 2.24 bits per heavy atom. The van der Waals surface area contributed by atoms with E-state index < -0.39 is 0 Å². The quantitative estimate of drug-likeness (QED) is 0.260. The number of hydrogen-bond acceptors (Lipinski definition) is 4. The number of unbranched alkanes of at least 4 members (excludes halogenated alkanes) is 7. The second-order valence-electron chi connectivity index (χ2n) is 9.62. The Labute approximate surface area is 201 Å². The van der Waals surface area contributed by atoms with Crippen LogP contribution < -0.4 is 0 Å². The molecule has 0 bridgehead atoms. The van der Waals surface area contributed by atoms with Crippen LogP contribution in [0.25, 0.3) is 11.4 Å². The van der Waals surface area contributed by atoms with Gasteiger partial charge in [-0.25, -0.2) is 9.97 Å². The van der Waals surface area contributed by atoms with Crippen molar-refractivity contribution in [3.05, 3.63) is 47.8 Å². The predicted molar refractivity (Wildman–Crippen MR) is 136 cm³/mol. The molecule has 1 fully saturated rings. The summed E-state index contributed by atoms with van der Waals surface area (Å²) in [6.07, 6.45) is 21.4. The van der Waals surface area contributed by atoms with Crippen molar-refractivity contribution in [1.82, 2.24) is 9.97 Å². The first-order chi connectivity index (χ1) is 16.2. The van der Waals surface area contributed by atoms with Crippen LogP contribution in [0.5, 0.6) is 0 Å². The van der Waals surface area contributed by atoms with Gasteiger partial charge in [-0.3, -0.25) is 0 Å². The Kier molecular flexibility index (Phi) is 11.9. The average molecular weight is 453 g/mol. The fraction of sp³-hybridized carbons (Fsp3) is 0.655. The van der Waals surface area contributed by atoms with Gasteiger partial charge < -0.3 is 9.47 Å². The summed E-state index contributed by atoms with van der Waals surface area (Å²) in [4.78, 5) is 9.23. The van der Waals surface area contributed by atoms with E-state index in [4.69, 9.17) is 9.47 Å². The molecular weight excluding hydrogens is 408 g/mol. The van der Waals surface area contributed by atoms with Crippen molar-refractivity contribution in [2.45, 2.75) is 116 Å². The van der Waals surface area contributed by atoms with Crippen molar-refractivity contribution >= 4 is 0 Å². The number of aromatic nitrogens is 2. The van der Waals surface area contributed by atoms with E-state index in [1.165, 1.54) is 69.8 Å². The van der Waals surface area contributed by atoms with Crippen LogP contribution >= 0.6 is 0 Å². The zero-order chi connectivity index (χ0) is 23.1. The fourth-order valence-corrected chi connectivity index (χ4v) is 4.43. The lowest BCUT2D eigenvalue weighted by molar-refractivity contribution is -0.185. The largest absolute Gasteiger partial charge is 0.353 e. The van der Waals surface area contributed by atoms with Gasteiger partial charge in [0.2, 0.25) is 0 Å². The summed E-state index contributed by atoms with van der Waals surface area (Å²) in [6.45, 7) is 5.23. The van der Waals surface area contributed by atoms with Crippen LogP contribution in [0.3, 0.4) is 0 Å². The smallest absolute Gasteiger partial charge is 0.159 e. The van der Waals surface area contributed by atoms with Crippen molar-refractivity contribution in [2.24, 2.45) is 0 Å². The second-order valence-corrected chi connectivity index (χ2v) is 9.62. The summed E-state index contributed by atoms with van der Waals surface area (Å²) in [6, 6.07) is 8.80. The summed E-state index contributed by atoms with van der Waals surface area (Å²) in [5.74, 6) is 0.803. The highest BCUT2D eigenvalue weighted by Crippen LogP contribution is 2.19. The second kappa shape index (κ2) is 15.2. The monoisotopic (exact) mass is 452 g/mol. The lowest BCUT2D eigenvalue weighted by atomic mass is 10.0. The number of nitrogens with zero attached hydrogens (tertiary/aromatic N) is 2. The van der Waals surface area contributed by atoms with E-state index in [1.807, 2.05) is 12.4 Å². The molecule has 0 N–H and O–H groups in total. The van der Waals surface area contributed by atoms with Crippen LogP contribution in [0.2, 0.25) is 0 Å². The highest BCUT2D eigenvalue weighted by atomic mass is 16.7. The van der Waals surface area contributed by atoms with Crippen LogP contribution in [0.15, 0.2) is 36.7 Å². The highest BCUT2D eigenvalue weighted by Gasteiger charge is 2.17. The Hall–Kier alpha value is -1.78. The van der Waals surface area contributed by atoms with E-state index in [2.05, 4.69) is 48.1 Å². The van der Waals surface area contributed by atoms with Gasteiger partial charge in [0, 0.05) is 24.6 Å². The van der Waals surface area contributed by atoms with Gasteiger partial charge in [0.15, 0.2) is 12.1 Å². The topological polar surface area (TPSA) is 44.2 Å². The van der Waals surface area contributed by atoms with Gasteiger partial charge in [-0.2, -0.15) is 0 Å². The molecule has 1 aliphatic heterocycles. The summed E-state index contributed by atoms with van der Waals surface area (Å²) in [5.41, 5.74) is 3.66. The van der Waals surface area contributed by atoms with E-state index in [9.17, 15) is 0 Å². The molecule has 0 aliphatic carbocycles. The van der Waals surface area contributed by atoms with E-state index in [1.54, 1.807) is 0 Å². The molecule has 4 nitrogen and oxygen atoms in total.